The summed E-state index contributed by atoms with van der Waals surface area (Å²) in [6, 6.07) is 19.1. The van der Waals surface area contributed by atoms with Gasteiger partial charge in [0.1, 0.15) is 6.07 Å². The summed E-state index contributed by atoms with van der Waals surface area (Å²) in [6.07, 6.45) is 3.68. The van der Waals surface area contributed by atoms with Crippen LogP contribution in [0, 0.1) is 11.3 Å². The minimum Gasteiger partial charge on any atom is -0.352 e. The Morgan fingerprint density at radius 1 is 1.00 bits per heavy atom. The molecule has 0 aliphatic heterocycles. The number of rotatable bonds is 6. The number of hydrogen-bond acceptors (Lipinski definition) is 5. The monoisotopic (exact) mass is 343 g/mol. The molecule has 3 aromatic rings. The van der Waals surface area contributed by atoms with Crippen molar-refractivity contribution in [2.75, 3.05) is 11.9 Å². The van der Waals surface area contributed by atoms with Crippen LogP contribution in [0.3, 0.4) is 0 Å². The predicted molar refractivity (Wildman–Crippen MR) is 99.0 cm³/mol. The van der Waals surface area contributed by atoms with E-state index in [1.807, 2.05) is 36.4 Å². The van der Waals surface area contributed by atoms with Crippen LogP contribution < -0.4 is 10.6 Å². The summed E-state index contributed by atoms with van der Waals surface area (Å²) in [4.78, 5) is 20.4. The molecule has 0 aliphatic carbocycles. The zero-order valence-electron chi connectivity index (χ0n) is 14.0. The number of anilines is 2. The van der Waals surface area contributed by atoms with Crippen molar-refractivity contribution < 1.29 is 4.79 Å². The quantitative estimate of drug-likeness (QED) is 0.718. The van der Waals surface area contributed by atoms with Crippen LogP contribution in [-0.2, 0) is 6.42 Å². The second-order valence-corrected chi connectivity index (χ2v) is 5.57. The Morgan fingerprint density at radius 2 is 1.69 bits per heavy atom. The zero-order valence-corrected chi connectivity index (χ0v) is 14.0. The van der Waals surface area contributed by atoms with Gasteiger partial charge in [-0.05, 0) is 24.1 Å². The van der Waals surface area contributed by atoms with Gasteiger partial charge in [-0.25, -0.2) is 9.97 Å². The van der Waals surface area contributed by atoms with Gasteiger partial charge in [0.25, 0.3) is 5.91 Å². The lowest BCUT2D eigenvalue weighted by Crippen LogP contribution is -2.26. The average molecular weight is 343 g/mol. The van der Waals surface area contributed by atoms with Crippen LogP contribution in [0.1, 0.15) is 21.5 Å². The van der Waals surface area contributed by atoms with Crippen LogP contribution in [0.4, 0.5) is 11.6 Å². The van der Waals surface area contributed by atoms with E-state index in [4.69, 9.17) is 5.26 Å². The Balaban J connectivity index is 1.57. The van der Waals surface area contributed by atoms with Gasteiger partial charge >= 0.3 is 0 Å². The van der Waals surface area contributed by atoms with Gasteiger partial charge in [0, 0.05) is 18.9 Å². The maximum absolute atomic E-state index is 12.2. The fourth-order valence-electron chi connectivity index (χ4n) is 2.39. The van der Waals surface area contributed by atoms with Crippen molar-refractivity contribution in [3.63, 3.8) is 0 Å². The first-order chi connectivity index (χ1) is 12.8. The largest absolute Gasteiger partial charge is 0.352 e. The second-order valence-electron chi connectivity index (χ2n) is 5.57. The Kier molecular flexibility index (Phi) is 5.53. The highest BCUT2D eigenvalue weighted by atomic mass is 16.1. The molecule has 0 unspecified atom stereocenters. The number of amides is 1. The SMILES string of the molecule is N#Cc1ccccc1Nc1ncc(C(=O)NCCc2ccccc2)cn1. The van der Waals surface area contributed by atoms with Gasteiger partial charge in [-0.3, -0.25) is 4.79 Å². The highest BCUT2D eigenvalue weighted by molar-refractivity contribution is 5.93. The molecule has 128 valence electrons. The molecule has 0 radical (unpaired) electrons. The number of aromatic nitrogens is 2. The molecule has 1 heterocycles. The topological polar surface area (TPSA) is 90.7 Å². The second kappa shape index (κ2) is 8.40. The Bertz CT molecular complexity index is 917. The van der Waals surface area contributed by atoms with Gasteiger partial charge in [0.05, 0.1) is 16.8 Å². The van der Waals surface area contributed by atoms with Crippen molar-refractivity contribution in [2.24, 2.45) is 0 Å². The Hall–Kier alpha value is -3.72. The van der Waals surface area contributed by atoms with E-state index >= 15 is 0 Å². The molecular weight excluding hydrogens is 326 g/mol. The molecule has 0 aliphatic rings. The predicted octanol–water partition coefficient (Wildman–Crippen LogP) is 3.06. The van der Waals surface area contributed by atoms with Gasteiger partial charge in [-0.2, -0.15) is 5.26 Å². The van der Waals surface area contributed by atoms with Crippen molar-refractivity contribution in [1.29, 1.82) is 5.26 Å². The molecule has 0 saturated heterocycles. The number of carbonyl (C=O) groups is 1. The summed E-state index contributed by atoms with van der Waals surface area (Å²) in [5.41, 5.74) is 2.67. The third-order valence-electron chi connectivity index (χ3n) is 3.75. The summed E-state index contributed by atoms with van der Waals surface area (Å²) >= 11 is 0. The van der Waals surface area contributed by atoms with E-state index in [-0.39, 0.29) is 5.91 Å². The summed E-state index contributed by atoms with van der Waals surface area (Å²) in [6.45, 7) is 0.540. The Morgan fingerprint density at radius 3 is 2.42 bits per heavy atom. The van der Waals surface area contributed by atoms with Gasteiger partial charge in [0.15, 0.2) is 0 Å². The first-order valence-corrected chi connectivity index (χ1v) is 8.16. The lowest BCUT2D eigenvalue weighted by Gasteiger charge is -2.08. The van der Waals surface area contributed by atoms with Gasteiger partial charge in [-0.15, -0.1) is 0 Å². The number of para-hydroxylation sites is 1. The molecule has 0 atom stereocenters. The average Bonchev–Trinajstić information content (AvgIpc) is 2.70. The molecule has 3 rings (SSSR count). The highest BCUT2D eigenvalue weighted by Crippen LogP contribution is 2.17. The van der Waals surface area contributed by atoms with E-state index in [2.05, 4.69) is 26.7 Å². The normalized spacial score (nSPS) is 9.96. The van der Waals surface area contributed by atoms with E-state index in [1.54, 1.807) is 18.2 Å². The lowest BCUT2D eigenvalue weighted by molar-refractivity contribution is 0.0953. The first-order valence-electron chi connectivity index (χ1n) is 8.16. The van der Waals surface area contributed by atoms with Crippen molar-refractivity contribution in [3.05, 3.63) is 83.7 Å². The molecule has 2 N–H and O–H groups in total. The number of nitrogens with zero attached hydrogens (tertiary/aromatic N) is 3. The van der Waals surface area contributed by atoms with Crippen LogP contribution in [0.2, 0.25) is 0 Å². The fraction of sp³-hybridized carbons (Fsp3) is 0.100. The molecule has 0 saturated carbocycles. The standard InChI is InChI=1S/C20H17N5O/c21-12-16-8-4-5-9-18(16)25-20-23-13-17(14-24-20)19(26)22-11-10-15-6-2-1-3-7-15/h1-9,13-14H,10-11H2,(H,22,26)(H,23,24,25). The van der Waals surface area contributed by atoms with Crippen LogP contribution in [-0.4, -0.2) is 22.4 Å². The van der Waals surface area contributed by atoms with Crippen LogP contribution in [0.25, 0.3) is 0 Å². The molecule has 1 aromatic heterocycles. The summed E-state index contributed by atoms with van der Waals surface area (Å²) in [7, 11) is 0. The number of carbonyl (C=O) groups excluding carboxylic acids is 1. The number of nitrogens with one attached hydrogen (secondary N) is 2. The number of hydrogen-bond donors (Lipinski definition) is 2. The van der Waals surface area contributed by atoms with Gasteiger partial charge < -0.3 is 10.6 Å². The van der Waals surface area contributed by atoms with Gasteiger partial charge in [-0.1, -0.05) is 42.5 Å². The summed E-state index contributed by atoms with van der Waals surface area (Å²) in [5, 5.41) is 14.9. The molecule has 2 aromatic carbocycles. The van der Waals surface area contributed by atoms with E-state index < -0.39 is 0 Å². The number of benzene rings is 2. The Labute approximate surface area is 151 Å². The van der Waals surface area contributed by atoms with Gasteiger partial charge in [0.2, 0.25) is 5.95 Å². The number of nitriles is 1. The van der Waals surface area contributed by atoms with Crippen LogP contribution >= 0.6 is 0 Å². The first kappa shape index (κ1) is 17.1. The molecule has 6 heteroatoms. The minimum absolute atomic E-state index is 0.218. The zero-order chi connectivity index (χ0) is 18.2. The molecule has 0 spiro atoms. The summed E-state index contributed by atoms with van der Waals surface area (Å²) < 4.78 is 0. The van der Waals surface area contributed by atoms with E-state index in [9.17, 15) is 4.79 Å². The van der Waals surface area contributed by atoms with Crippen LogP contribution in [0.5, 0.6) is 0 Å². The third-order valence-corrected chi connectivity index (χ3v) is 3.75. The molecule has 0 fully saturated rings. The van der Waals surface area contributed by atoms with Crippen molar-refractivity contribution >= 4 is 17.5 Å². The molecule has 0 bridgehead atoms. The molecular formula is C20H17N5O. The van der Waals surface area contributed by atoms with E-state index in [1.165, 1.54) is 18.0 Å². The smallest absolute Gasteiger partial charge is 0.254 e. The lowest BCUT2D eigenvalue weighted by atomic mass is 10.1. The van der Waals surface area contributed by atoms with Crippen molar-refractivity contribution in [3.8, 4) is 6.07 Å². The maximum atomic E-state index is 12.2. The molecule has 26 heavy (non-hydrogen) atoms. The van der Waals surface area contributed by atoms with Crippen LogP contribution in [0.15, 0.2) is 67.0 Å². The van der Waals surface area contributed by atoms with E-state index in [0.717, 1.165) is 6.42 Å². The summed E-state index contributed by atoms with van der Waals surface area (Å²) in [5.74, 6) is 0.110. The molecule has 1 amide bonds. The molecule has 6 nitrogen and oxygen atoms in total. The van der Waals surface area contributed by atoms with Crippen molar-refractivity contribution in [2.45, 2.75) is 6.42 Å². The minimum atomic E-state index is -0.218. The van der Waals surface area contributed by atoms with E-state index in [0.29, 0.717) is 29.3 Å². The highest BCUT2D eigenvalue weighted by Gasteiger charge is 2.08. The van der Waals surface area contributed by atoms with Crippen molar-refractivity contribution in [1.82, 2.24) is 15.3 Å². The fourth-order valence-corrected chi connectivity index (χ4v) is 2.39. The third kappa shape index (κ3) is 4.42. The maximum Gasteiger partial charge on any atom is 0.254 e.